The van der Waals surface area contributed by atoms with E-state index in [1.54, 1.807) is 24.3 Å². The highest BCUT2D eigenvalue weighted by atomic mass is 127. The molecular weight excluding hydrogens is 502 g/mol. The molecule has 2 N–H and O–H groups in total. The molecular formula is C18H16FIN2O5S. The Morgan fingerprint density at radius 2 is 2.07 bits per heavy atom. The number of aliphatic hydroxyl groups is 2. The molecule has 0 bridgehead atoms. The second kappa shape index (κ2) is 7.92. The van der Waals surface area contributed by atoms with Gasteiger partial charge < -0.3 is 14.9 Å². The number of nitrogens with zero attached hydrogens (tertiary/aromatic N) is 2. The largest absolute Gasteiger partial charge is 0.486 e. The predicted molar refractivity (Wildman–Crippen MR) is 105 cm³/mol. The van der Waals surface area contributed by atoms with Crippen molar-refractivity contribution in [2.45, 2.75) is 16.6 Å². The summed E-state index contributed by atoms with van der Waals surface area (Å²) in [5.41, 5.74) is -2.03. The maximum absolute atomic E-state index is 13.8. The van der Waals surface area contributed by atoms with Gasteiger partial charge in [0.1, 0.15) is 29.3 Å². The highest BCUT2D eigenvalue weighted by molar-refractivity contribution is 14.1. The molecule has 148 valence electrons. The van der Waals surface area contributed by atoms with Gasteiger partial charge in [-0.3, -0.25) is 0 Å². The molecule has 2 atom stereocenters. The number of aliphatic hydroxyl groups excluding tert-OH is 1. The predicted octanol–water partition coefficient (Wildman–Crippen LogP) is 1.48. The van der Waals surface area contributed by atoms with Gasteiger partial charge in [-0.2, -0.15) is 9.57 Å². The SMILES string of the molecule is N#Cc1ccc(O[C@H]2CN(S(=O)(=O)c3ccccc3I)C[C@@]2(O)CO)cc1F. The molecule has 7 nitrogen and oxygen atoms in total. The third-order valence-electron chi connectivity index (χ3n) is 4.49. The lowest BCUT2D eigenvalue weighted by molar-refractivity contribution is -0.0641. The number of benzene rings is 2. The third-order valence-corrected chi connectivity index (χ3v) is 7.66. The number of β-amino-alcohol motifs (C(OH)–C–C–N with tert-alkyl or cyclic N) is 1. The van der Waals surface area contributed by atoms with E-state index >= 15 is 0 Å². The van der Waals surface area contributed by atoms with Crippen molar-refractivity contribution in [3.63, 3.8) is 0 Å². The Morgan fingerprint density at radius 3 is 2.68 bits per heavy atom. The summed E-state index contributed by atoms with van der Waals surface area (Å²) in [5, 5.41) is 29.2. The third kappa shape index (κ3) is 3.85. The number of hydrogen-bond donors (Lipinski definition) is 2. The van der Waals surface area contributed by atoms with Crippen LogP contribution in [0.15, 0.2) is 47.4 Å². The van der Waals surface area contributed by atoms with Crippen LogP contribution in [0, 0.1) is 20.7 Å². The maximum atomic E-state index is 13.8. The lowest BCUT2D eigenvalue weighted by Crippen LogP contribution is -2.48. The first-order chi connectivity index (χ1) is 13.2. The first-order valence-electron chi connectivity index (χ1n) is 8.15. The van der Waals surface area contributed by atoms with Crippen LogP contribution in [0.25, 0.3) is 0 Å². The molecule has 2 aromatic carbocycles. The molecule has 0 aliphatic carbocycles. The van der Waals surface area contributed by atoms with Gasteiger partial charge in [0.15, 0.2) is 0 Å². The Kier molecular flexibility index (Phi) is 5.92. The fourth-order valence-corrected chi connectivity index (χ4v) is 5.72. The summed E-state index contributed by atoms with van der Waals surface area (Å²) < 4.78 is 46.9. The van der Waals surface area contributed by atoms with Gasteiger partial charge in [0.2, 0.25) is 10.0 Å². The Morgan fingerprint density at radius 1 is 1.36 bits per heavy atom. The van der Waals surface area contributed by atoms with Crippen LogP contribution in [-0.2, 0) is 10.0 Å². The van der Waals surface area contributed by atoms with Crippen LogP contribution in [0.4, 0.5) is 4.39 Å². The van der Waals surface area contributed by atoms with E-state index in [0.29, 0.717) is 3.57 Å². The van der Waals surface area contributed by atoms with Crippen molar-refractivity contribution in [1.29, 1.82) is 5.26 Å². The number of ether oxygens (including phenoxy) is 1. The van der Waals surface area contributed by atoms with Gasteiger partial charge in [-0.15, -0.1) is 0 Å². The lowest BCUT2D eigenvalue weighted by Gasteiger charge is -2.27. The molecule has 1 aliphatic heterocycles. The van der Waals surface area contributed by atoms with Gasteiger partial charge in [0, 0.05) is 16.2 Å². The maximum Gasteiger partial charge on any atom is 0.244 e. The van der Waals surface area contributed by atoms with Gasteiger partial charge in [-0.25, -0.2) is 12.8 Å². The number of sulfonamides is 1. The molecule has 1 heterocycles. The molecule has 1 aliphatic rings. The summed E-state index contributed by atoms with van der Waals surface area (Å²) in [6.45, 7) is -1.35. The summed E-state index contributed by atoms with van der Waals surface area (Å²) in [6, 6.07) is 11.6. The summed E-state index contributed by atoms with van der Waals surface area (Å²) >= 11 is 1.91. The van der Waals surface area contributed by atoms with E-state index in [4.69, 9.17) is 10.00 Å². The fraction of sp³-hybridized carbons (Fsp3) is 0.278. The van der Waals surface area contributed by atoms with Crippen LogP contribution in [0.5, 0.6) is 5.75 Å². The molecule has 0 unspecified atom stereocenters. The Balaban J connectivity index is 1.89. The average molecular weight is 518 g/mol. The highest BCUT2D eigenvalue weighted by Crippen LogP contribution is 2.32. The smallest absolute Gasteiger partial charge is 0.244 e. The molecule has 0 radical (unpaired) electrons. The molecule has 10 heteroatoms. The van der Waals surface area contributed by atoms with Crippen molar-refractivity contribution in [2.75, 3.05) is 19.7 Å². The number of nitriles is 1. The van der Waals surface area contributed by atoms with Crippen molar-refractivity contribution in [2.24, 2.45) is 0 Å². The van der Waals surface area contributed by atoms with Crippen LogP contribution in [0.1, 0.15) is 5.56 Å². The molecule has 2 aromatic rings. The van der Waals surface area contributed by atoms with Crippen LogP contribution in [-0.4, -0.2) is 54.3 Å². The Hall–Kier alpha value is -1.78. The summed E-state index contributed by atoms with van der Waals surface area (Å²) in [7, 11) is -3.94. The topological polar surface area (TPSA) is 111 Å². The normalized spacial score (nSPS) is 22.8. The van der Waals surface area contributed by atoms with E-state index in [1.165, 1.54) is 18.2 Å². The molecule has 1 saturated heterocycles. The molecule has 0 amide bonds. The van der Waals surface area contributed by atoms with E-state index in [-0.39, 0.29) is 29.3 Å². The first-order valence-corrected chi connectivity index (χ1v) is 10.7. The second-order valence-corrected chi connectivity index (χ2v) is 9.42. The minimum Gasteiger partial charge on any atom is -0.486 e. The van der Waals surface area contributed by atoms with Crippen LogP contribution in [0.3, 0.4) is 0 Å². The van der Waals surface area contributed by atoms with Gasteiger partial charge in [0.25, 0.3) is 0 Å². The van der Waals surface area contributed by atoms with Crippen molar-refractivity contribution in [1.82, 2.24) is 4.31 Å². The molecule has 3 rings (SSSR count). The van der Waals surface area contributed by atoms with Crippen LogP contribution < -0.4 is 4.74 Å². The van der Waals surface area contributed by atoms with E-state index in [0.717, 1.165) is 10.4 Å². The molecule has 28 heavy (non-hydrogen) atoms. The van der Waals surface area contributed by atoms with E-state index in [9.17, 15) is 23.0 Å². The minimum atomic E-state index is -3.94. The zero-order valence-corrected chi connectivity index (χ0v) is 17.4. The number of rotatable bonds is 5. The number of halogens is 2. The minimum absolute atomic E-state index is 0.0157. The quantitative estimate of drug-likeness (QED) is 0.581. The molecule has 0 saturated carbocycles. The standard InChI is InChI=1S/C18H16FIN2O5S/c19-14-7-13(6-5-12(14)8-21)27-17-9-22(10-18(17,24)11-23)28(25,26)16-4-2-1-3-15(16)20/h1-7,17,23-24H,9-11H2/t17-,18+/m0/s1. The highest BCUT2D eigenvalue weighted by Gasteiger charge is 2.51. The summed E-state index contributed by atoms with van der Waals surface area (Å²) in [6.07, 6.45) is -1.12. The summed E-state index contributed by atoms with van der Waals surface area (Å²) in [4.78, 5) is 0.0842. The molecule has 0 aromatic heterocycles. The zero-order chi connectivity index (χ0) is 20.5. The summed E-state index contributed by atoms with van der Waals surface area (Å²) in [5.74, 6) is -0.782. The first kappa shape index (κ1) is 20.9. The van der Waals surface area contributed by atoms with Crippen molar-refractivity contribution in [3.8, 4) is 11.8 Å². The average Bonchev–Trinajstić information content (AvgIpc) is 3.00. The zero-order valence-electron chi connectivity index (χ0n) is 14.4. The van der Waals surface area contributed by atoms with Gasteiger partial charge in [-0.05, 0) is 46.9 Å². The van der Waals surface area contributed by atoms with E-state index < -0.39 is 34.2 Å². The van der Waals surface area contributed by atoms with E-state index in [1.807, 2.05) is 22.6 Å². The van der Waals surface area contributed by atoms with Gasteiger partial charge in [0.05, 0.1) is 23.6 Å². The van der Waals surface area contributed by atoms with Crippen molar-refractivity contribution >= 4 is 32.6 Å². The van der Waals surface area contributed by atoms with Crippen molar-refractivity contribution in [3.05, 3.63) is 57.4 Å². The Bertz CT molecular complexity index is 1040. The molecule has 0 spiro atoms. The van der Waals surface area contributed by atoms with Gasteiger partial charge >= 0.3 is 0 Å². The lowest BCUT2D eigenvalue weighted by atomic mass is 10.0. The monoisotopic (exact) mass is 518 g/mol. The fourth-order valence-electron chi connectivity index (χ4n) is 2.93. The second-order valence-electron chi connectivity index (χ2n) is 6.35. The Labute approximate surface area is 175 Å². The molecule has 1 fully saturated rings. The van der Waals surface area contributed by atoms with Gasteiger partial charge in [-0.1, -0.05) is 12.1 Å². The number of hydrogen-bond acceptors (Lipinski definition) is 6. The van der Waals surface area contributed by atoms with E-state index in [2.05, 4.69) is 0 Å². The van der Waals surface area contributed by atoms with Crippen LogP contribution >= 0.6 is 22.6 Å². The van der Waals surface area contributed by atoms with Crippen LogP contribution in [0.2, 0.25) is 0 Å². The van der Waals surface area contributed by atoms with Crippen molar-refractivity contribution < 1.29 is 27.8 Å².